The van der Waals surface area contributed by atoms with Gasteiger partial charge in [0.15, 0.2) is 5.82 Å². The molecule has 0 unspecified atom stereocenters. The highest BCUT2D eigenvalue weighted by Crippen LogP contribution is 2.32. The van der Waals surface area contributed by atoms with Crippen LogP contribution in [-0.4, -0.2) is 49.7 Å². The Labute approximate surface area is 217 Å². The second-order valence-corrected chi connectivity index (χ2v) is 9.35. The molecular weight excluding hydrogens is 537 g/mol. The first-order chi connectivity index (χ1) is 17.6. The molecule has 4 heterocycles. The van der Waals surface area contributed by atoms with E-state index in [1.807, 2.05) is 10.9 Å². The van der Waals surface area contributed by atoms with Gasteiger partial charge in [-0.1, -0.05) is 23.2 Å². The van der Waals surface area contributed by atoms with Crippen LogP contribution in [0.25, 0.3) is 22.2 Å². The summed E-state index contributed by atoms with van der Waals surface area (Å²) in [6.07, 6.45) is 1.76. The number of piperidine rings is 1. The van der Waals surface area contributed by atoms with E-state index in [0.29, 0.717) is 5.56 Å². The van der Waals surface area contributed by atoms with E-state index in [9.17, 15) is 22.4 Å². The van der Waals surface area contributed by atoms with Crippen molar-refractivity contribution < 1.29 is 22.4 Å². The number of rotatable bonds is 5. The lowest BCUT2D eigenvalue weighted by molar-refractivity contribution is -0.167. The van der Waals surface area contributed by atoms with Crippen LogP contribution < -0.4 is 10.6 Å². The van der Waals surface area contributed by atoms with Crippen molar-refractivity contribution in [2.45, 2.75) is 31.6 Å². The quantitative estimate of drug-likeness (QED) is 0.260. The summed E-state index contributed by atoms with van der Waals surface area (Å²) in [6, 6.07) is 4.32. The molecule has 14 heteroatoms. The summed E-state index contributed by atoms with van der Waals surface area (Å²) in [5, 5.41) is 13.5. The van der Waals surface area contributed by atoms with Crippen molar-refractivity contribution in [3.63, 3.8) is 0 Å². The zero-order valence-corrected chi connectivity index (χ0v) is 20.5. The summed E-state index contributed by atoms with van der Waals surface area (Å²) in [7, 11) is 0. The molecule has 2 N–H and O–H groups in total. The van der Waals surface area contributed by atoms with E-state index in [2.05, 4.69) is 20.5 Å². The Morgan fingerprint density at radius 1 is 1.16 bits per heavy atom. The zero-order chi connectivity index (χ0) is 26.3. The van der Waals surface area contributed by atoms with Gasteiger partial charge in [-0.3, -0.25) is 19.5 Å². The van der Waals surface area contributed by atoms with Gasteiger partial charge in [0.1, 0.15) is 11.3 Å². The summed E-state index contributed by atoms with van der Waals surface area (Å²) in [4.78, 5) is 15.9. The number of fused-ring (bicyclic) bond motifs is 1. The maximum atomic E-state index is 14.1. The smallest absolute Gasteiger partial charge is 0.317 e. The van der Waals surface area contributed by atoms with Gasteiger partial charge in [0.25, 0.3) is 0 Å². The molecule has 0 radical (unpaired) electrons. The van der Waals surface area contributed by atoms with Crippen LogP contribution in [0.15, 0.2) is 36.8 Å². The number of hydrogen-bond acceptors (Lipinski definition) is 5. The lowest BCUT2D eigenvalue weighted by atomic mass is 10.1. The third kappa shape index (κ3) is 5.13. The van der Waals surface area contributed by atoms with E-state index in [1.54, 1.807) is 17.6 Å². The molecule has 0 bridgehead atoms. The highest BCUT2D eigenvalue weighted by molar-refractivity contribution is 6.36. The first kappa shape index (κ1) is 25.4. The van der Waals surface area contributed by atoms with Gasteiger partial charge >= 0.3 is 12.1 Å². The van der Waals surface area contributed by atoms with Crippen molar-refractivity contribution in [1.29, 1.82) is 0 Å². The van der Waals surface area contributed by atoms with Gasteiger partial charge in [0.2, 0.25) is 0 Å². The molecule has 1 aliphatic rings. The summed E-state index contributed by atoms with van der Waals surface area (Å²) >= 11 is 12.3. The third-order valence-corrected chi connectivity index (χ3v) is 6.91. The summed E-state index contributed by atoms with van der Waals surface area (Å²) in [6.45, 7) is 1.60. The Hall–Kier alpha value is -3.22. The topological polar surface area (TPSA) is 89.7 Å². The minimum atomic E-state index is -5.13. The Balaban J connectivity index is 1.57. The number of alkyl halides is 3. The number of anilines is 1. The van der Waals surface area contributed by atoms with E-state index in [1.165, 1.54) is 16.9 Å². The molecule has 1 aromatic carbocycles. The van der Waals surface area contributed by atoms with Gasteiger partial charge in [0, 0.05) is 34.1 Å². The standard InChI is InChI=1S/C23H19Cl2F4N7O/c24-16-1-2-17(26)19(25)15(16)11-36-18-7-12(13-9-32-35(10-13)14-3-5-30-6-4-14)8-31-20(18)21(34-36)33-22(37)23(27,28)29/h1-2,7-10,14,30H,3-6,11H2,(H,33,34,37). The lowest BCUT2D eigenvalue weighted by Gasteiger charge is -2.22. The largest absolute Gasteiger partial charge is 0.471 e. The average Bonchev–Trinajstić information content (AvgIpc) is 3.50. The Bertz CT molecular complexity index is 1480. The second-order valence-electron chi connectivity index (χ2n) is 8.56. The molecule has 8 nitrogen and oxygen atoms in total. The molecule has 3 aromatic heterocycles. The minimum Gasteiger partial charge on any atom is -0.317 e. The van der Waals surface area contributed by atoms with Crippen LogP contribution in [0.3, 0.4) is 0 Å². The Morgan fingerprint density at radius 3 is 2.65 bits per heavy atom. The van der Waals surface area contributed by atoms with Gasteiger partial charge in [-0.2, -0.15) is 23.4 Å². The molecule has 37 heavy (non-hydrogen) atoms. The predicted octanol–water partition coefficient (Wildman–Crippen LogP) is 5.21. The number of halogens is 6. The number of nitrogens with zero attached hydrogens (tertiary/aromatic N) is 5. The lowest BCUT2D eigenvalue weighted by Crippen LogP contribution is -2.30. The molecule has 1 aliphatic heterocycles. The molecular formula is C23H19Cl2F4N7O. The van der Waals surface area contributed by atoms with Crippen LogP contribution in [0.4, 0.5) is 23.4 Å². The van der Waals surface area contributed by atoms with Crippen molar-refractivity contribution in [2.75, 3.05) is 18.4 Å². The molecule has 5 rings (SSSR count). The second kappa shape index (κ2) is 9.92. The molecule has 0 spiro atoms. The Morgan fingerprint density at radius 2 is 1.92 bits per heavy atom. The summed E-state index contributed by atoms with van der Waals surface area (Å²) in [5.41, 5.74) is 1.82. The van der Waals surface area contributed by atoms with Gasteiger partial charge in [-0.25, -0.2) is 9.37 Å². The molecule has 4 aromatic rings. The first-order valence-electron chi connectivity index (χ1n) is 11.2. The zero-order valence-electron chi connectivity index (χ0n) is 19.0. The molecule has 194 valence electrons. The van der Waals surface area contributed by atoms with E-state index in [-0.39, 0.29) is 39.2 Å². The number of pyridine rings is 1. The Kier molecular flexibility index (Phi) is 6.82. The van der Waals surface area contributed by atoms with Gasteiger partial charge in [-0.15, -0.1) is 0 Å². The molecule has 1 saturated heterocycles. The van der Waals surface area contributed by atoms with Crippen LogP contribution in [-0.2, 0) is 11.3 Å². The number of amides is 1. The van der Waals surface area contributed by atoms with E-state index in [0.717, 1.165) is 37.6 Å². The molecule has 0 atom stereocenters. The van der Waals surface area contributed by atoms with Crippen molar-refractivity contribution >= 4 is 46.0 Å². The molecule has 1 amide bonds. The third-order valence-electron chi connectivity index (χ3n) is 6.14. The van der Waals surface area contributed by atoms with E-state index < -0.39 is 23.7 Å². The first-order valence-corrected chi connectivity index (χ1v) is 12.0. The maximum absolute atomic E-state index is 14.1. The van der Waals surface area contributed by atoms with Crippen molar-refractivity contribution in [3.8, 4) is 11.1 Å². The van der Waals surface area contributed by atoms with Crippen LogP contribution in [0, 0.1) is 5.82 Å². The number of benzene rings is 1. The van der Waals surface area contributed by atoms with Gasteiger partial charge in [-0.05, 0) is 44.1 Å². The van der Waals surface area contributed by atoms with Crippen molar-refractivity contribution in [2.24, 2.45) is 0 Å². The van der Waals surface area contributed by atoms with E-state index in [4.69, 9.17) is 23.2 Å². The van der Waals surface area contributed by atoms with Crippen LogP contribution in [0.2, 0.25) is 10.0 Å². The van der Waals surface area contributed by atoms with Crippen LogP contribution in [0.5, 0.6) is 0 Å². The number of nitrogens with one attached hydrogen (secondary N) is 2. The maximum Gasteiger partial charge on any atom is 0.471 e. The summed E-state index contributed by atoms with van der Waals surface area (Å²) < 4.78 is 56.0. The predicted molar refractivity (Wildman–Crippen MR) is 130 cm³/mol. The number of aromatic nitrogens is 5. The van der Waals surface area contributed by atoms with Crippen molar-refractivity contribution in [1.82, 2.24) is 29.9 Å². The number of carbonyl (C=O) groups is 1. The van der Waals surface area contributed by atoms with Crippen LogP contribution >= 0.6 is 23.2 Å². The molecule has 0 saturated carbocycles. The summed E-state index contributed by atoms with van der Waals surface area (Å²) in [5.74, 6) is -3.32. The van der Waals surface area contributed by atoms with E-state index >= 15 is 0 Å². The number of carbonyl (C=O) groups excluding carboxylic acids is 1. The van der Waals surface area contributed by atoms with Crippen LogP contribution in [0.1, 0.15) is 24.4 Å². The average molecular weight is 556 g/mol. The fourth-order valence-electron chi connectivity index (χ4n) is 4.22. The van der Waals surface area contributed by atoms with Gasteiger partial charge in [0.05, 0.1) is 29.3 Å². The SMILES string of the molecule is O=C(Nc1nn(Cc2c(Cl)ccc(F)c2Cl)c2cc(-c3cnn(C4CCNCC4)c3)cnc12)C(F)(F)F. The van der Waals surface area contributed by atoms with Crippen molar-refractivity contribution in [3.05, 3.63) is 58.2 Å². The van der Waals surface area contributed by atoms with Gasteiger partial charge < -0.3 is 5.32 Å². The monoisotopic (exact) mass is 555 g/mol. The number of hydrogen-bond donors (Lipinski definition) is 2. The highest BCUT2D eigenvalue weighted by Gasteiger charge is 2.39. The highest BCUT2D eigenvalue weighted by atomic mass is 35.5. The minimum absolute atomic E-state index is 0.00995. The molecule has 1 fully saturated rings. The fourth-order valence-corrected chi connectivity index (χ4v) is 4.71. The normalized spacial score (nSPS) is 14.9. The fraction of sp³-hybridized carbons (Fsp3) is 0.304. The molecule has 0 aliphatic carbocycles.